The van der Waals surface area contributed by atoms with Crippen molar-refractivity contribution in [2.75, 3.05) is 5.75 Å². The molecular formula is C19H33N5O8S. The number of hydrogen-bond donors (Lipinski definition) is 8. The average molecular weight is 492 g/mol. The number of amides is 4. The smallest absolute Gasteiger partial charge is 0.326 e. The number of rotatable bonds is 16. The summed E-state index contributed by atoms with van der Waals surface area (Å²) in [6.45, 7) is 3.39. The predicted octanol–water partition coefficient (Wildman–Crippen LogP) is -2.04. The van der Waals surface area contributed by atoms with Gasteiger partial charge in [0.1, 0.15) is 18.1 Å². The molecule has 33 heavy (non-hydrogen) atoms. The fourth-order valence-corrected chi connectivity index (χ4v) is 2.90. The Balaban J connectivity index is 5.35. The first-order chi connectivity index (χ1) is 15.3. The van der Waals surface area contributed by atoms with Crippen molar-refractivity contribution in [3.8, 4) is 0 Å². The number of primary amides is 1. The van der Waals surface area contributed by atoms with Gasteiger partial charge in [-0.15, -0.1) is 0 Å². The van der Waals surface area contributed by atoms with Crippen LogP contribution in [0.15, 0.2) is 0 Å². The molecule has 0 spiro atoms. The molecule has 14 heteroatoms. The Hall–Kier alpha value is -2.87. The second-order valence-corrected chi connectivity index (χ2v) is 7.92. The summed E-state index contributed by atoms with van der Waals surface area (Å²) in [5, 5.41) is 25.1. The van der Waals surface area contributed by atoms with Gasteiger partial charge in [0, 0.05) is 18.6 Å². The largest absolute Gasteiger partial charge is 0.481 e. The van der Waals surface area contributed by atoms with Crippen LogP contribution in [0, 0.1) is 5.92 Å². The van der Waals surface area contributed by atoms with Crippen molar-refractivity contribution in [1.29, 1.82) is 0 Å². The highest BCUT2D eigenvalue weighted by Gasteiger charge is 2.31. The molecule has 13 nitrogen and oxygen atoms in total. The standard InChI is InChI=1S/C19H33N5O8S/c1-3-9(2)15(19(31)32)24-17(29)11(5-6-13(21)25)22-18(30)12(8-33)23-16(28)10(20)4-7-14(26)27/h9-12,15,33H,3-8,20H2,1-2H3,(H2,21,25)(H,22,30)(H,23,28)(H,24,29)(H,26,27)(H,31,32). The number of hydrogen-bond acceptors (Lipinski definition) is 8. The van der Waals surface area contributed by atoms with E-state index in [4.69, 9.17) is 16.6 Å². The first-order valence-corrected chi connectivity index (χ1v) is 11.0. The molecule has 0 saturated heterocycles. The fraction of sp³-hybridized carbons (Fsp3) is 0.684. The third-order valence-electron chi connectivity index (χ3n) is 4.91. The number of carbonyl (C=O) groups is 6. The molecule has 0 aromatic rings. The zero-order valence-electron chi connectivity index (χ0n) is 18.6. The molecule has 9 N–H and O–H groups in total. The van der Waals surface area contributed by atoms with E-state index >= 15 is 0 Å². The highest BCUT2D eigenvalue weighted by molar-refractivity contribution is 7.80. The van der Waals surface area contributed by atoms with Gasteiger partial charge in [0.25, 0.3) is 0 Å². The van der Waals surface area contributed by atoms with Crippen molar-refractivity contribution < 1.29 is 39.0 Å². The van der Waals surface area contributed by atoms with Gasteiger partial charge in [0.2, 0.25) is 23.6 Å². The first kappa shape index (κ1) is 30.1. The van der Waals surface area contributed by atoms with Gasteiger partial charge in [-0.1, -0.05) is 20.3 Å². The van der Waals surface area contributed by atoms with Gasteiger partial charge in [-0.2, -0.15) is 12.6 Å². The molecule has 188 valence electrons. The van der Waals surface area contributed by atoms with E-state index in [9.17, 15) is 33.9 Å². The number of thiol groups is 1. The van der Waals surface area contributed by atoms with Crippen LogP contribution in [0.25, 0.3) is 0 Å². The Morgan fingerprint density at radius 2 is 1.42 bits per heavy atom. The van der Waals surface area contributed by atoms with Crippen LogP contribution in [-0.4, -0.2) is 75.7 Å². The summed E-state index contributed by atoms with van der Waals surface area (Å²) in [4.78, 5) is 70.8. The second-order valence-electron chi connectivity index (χ2n) is 7.56. The van der Waals surface area contributed by atoms with E-state index in [-0.39, 0.29) is 31.4 Å². The average Bonchev–Trinajstić information content (AvgIpc) is 2.75. The first-order valence-electron chi connectivity index (χ1n) is 10.3. The Labute approximate surface area is 196 Å². The van der Waals surface area contributed by atoms with Crippen LogP contribution in [0.4, 0.5) is 0 Å². The maximum Gasteiger partial charge on any atom is 0.326 e. The van der Waals surface area contributed by atoms with Gasteiger partial charge in [0.15, 0.2) is 0 Å². The predicted molar refractivity (Wildman–Crippen MR) is 120 cm³/mol. The quantitative estimate of drug-likeness (QED) is 0.111. The lowest BCUT2D eigenvalue weighted by molar-refractivity contribution is -0.144. The monoisotopic (exact) mass is 491 g/mol. The van der Waals surface area contributed by atoms with E-state index < -0.39 is 65.7 Å². The normalized spacial score (nSPS) is 15.3. The van der Waals surface area contributed by atoms with Crippen LogP contribution in [0.5, 0.6) is 0 Å². The van der Waals surface area contributed by atoms with Crippen LogP contribution in [0.3, 0.4) is 0 Å². The molecule has 0 radical (unpaired) electrons. The van der Waals surface area contributed by atoms with Crippen molar-refractivity contribution in [1.82, 2.24) is 16.0 Å². The van der Waals surface area contributed by atoms with Crippen LogP contribution >= 0.6 is 12.6 Å². The van der Waals surface area contributed by atoms with Crippen molar-refractivity contribution in [3.05, 3.63) is 0 Å². The van der Waals surface area contributed by atoms with Gasteiger partial charge in [-0.3, -0.25) is 24.0 Å². The molecule has 0 aromatic carbocycles. The zero-order chi connectivity index (χ0) is 25.7. The van der Waals surface area contributed by atoms with Gasteiger partial charge in [0.05, 0.1) is 6.04 Å². The van der Waals surface area contributed by atoms with Crippen molar-refractivity contribution in [2.45, 2.75) is 70.1 Å². The molecular weight excluding hydrogens is 458 g/mol. The number of carboxylic acids is 2. The Bertz CT molecular complexity index is 735. The number of carbonyl (C=O) groups excluding carboxylic acids is 4. The highest BCUT2D eigenvalue weighted by atomic mass is 32.1. The minimum atomic E-state index is -1.31. The van der Waals surface area contributed by atoms with E-state index in [0.717, 1.165) is 0 Å². The number of nitrogens with two attached hydrogens (primary N) is 2. The maximum absolute atomic E-state index is 12.7. The Morgan fingerprint density at radius 3 is 1.88 bits per heavy atom. The molecule has 5 atom stereocenters. The third-order valence-corrected chi connectivity index (χ3v) is 5.28. The fourth-order valence-electron chi connectivity index (χ4n) is 2.65. The maximum atomic E-state index is 12.7. The van der Waals surface area contributed by atoms with Crippen LogP contribution in [0.1, 0.15) is 46.0 Å². The summed E-state index contributed by atoms with van der Waals surface area (Å²) in [5.41, 5.74) is 10.7. The molecule has 0 aliphatic carbocycles. The lowest BCUT2D eigenvalue weighted by atomic mass is 9.98. The lowest BCUT2D eigenvalue weighted by Crippen LogP contribution is -2.58. The minimum Gasteiger partial charge on any atom is -0.481 e. The molecule has 0 aromatic heterocycles. The van der Waals surface area contributed by atoms with Crippen molar-refractivity contribution in [2.24, 2.45) is 17.4 Å². The minimum absolute atomic E-state index is 0.155. The van der Waals surface area contributed by atoms with E-state index in [1.807, 2.05) is 0 Å². The number of carboxylic acid groups (broad SMARTS) is 2. The van der Waals surface area contributed by atoms with Gasteiger partial charge >= 0.3 is 11.9 Å². The Kier molecular flexibility index (Phi) is 13.7. The lowest BCUT2D eigenvalue weighted by Gasteiger charge is -2.26. The van der Waals surface area contributed by atoms with Gasteiger partial charge < -0.3 is 37.6 Å². The number of aliphatic carboxylic acids is 2. The molecule has 4 amide bonds. The summed E-state index contributed by atoms with van der Waals surface area (Å²) in [7, 11) is 0. The van der Waals surface area contributed by atoms with E-state index in [1.54, 1.807) is 13.8 Å². The van der Waals surface area contributed by atoms with Crippen molar-refractivity contribution in [3.63, 3.8) is 0 Å². The molecule has 0 aliphatic rings. The van der Waals surface area contributed by atoms with Crippen LogP contribution < -0.4 is 27.4 Å². The summed E-state index contributed by atoms with van der Waals surface area (Å²) in [6, 6.07) is -4.94. The molecule has 0 fully saturated rings. The molecule has 5 unspecified atom stereocenters. The topological polar surface area (TPSA) is 231 Å². The van der Waals surface area contributed by atoms with Gasteiger partial charge in [-0.25, -0.2) is 4.79 Å². The Morgan fingerprint density at radius 1 is 0.879 bits per heavy atom. The van der Waals surface area contributed by atoms with Gasteiger partial charge in [-0.05, 0) is 18.8 Å². The third kappa shape index (κ3) is 11.5. The molecule has 0 rings (SSSR count). The zero-order valence-corrected chi connectivity index (χ0v) is 19.5. The van der Waals surface area contributed by atoms with Crippen LogP contribution in [0.2, 0.25) is 0 Å². The second kappa shape index (κ2) is 15.1. The number of nitrogens with one attached hydrogen (secondary N) is 3. The molecule has 0 saturated carbocycles. The molecule has 0 heterocycles. The summed E-state index contributed by atoms with van der Waals surface area (Å²) >= 11 is 4.00. The summed E-state index contributed by atoms with van der Waals surface area (Å²) in [5.74, 6) is -6.17. The van der Waals surface area contributed by atoms with E-state index in [2.05, 4.69) is 28.6 Å². The SMILES string of the molecule is CCC(C)C(NC(=O)C(CCC(N)=O)NC(=O)C(CS)NC(=O)C(N)CCC(=O)O)C(=O)O. The van der Waals surface area contributed by atoms with Crippen molar-refractivity contribution >= 4 is 48.2 Å². The molecule has 0 aliphatic heterocycles. The molecule has 0 bridgehead atoms. The van der Waals surface area contributed by atoms with E-state index in [1.165, 1.54) is 0 Å². The van der Waals surface area contributed by atoms with E-state index in [0.29, 0.717) is 6.42 Å². The highest BCUT2D eigenvalue weighted by Crippen LogP contribution is 2.09. The summed E-state index contributed by atoms with van der Waals surface area (Å²) in [6.07, 6.45) is -0.505. The summed E-state index contributed by atoms with van der Waals surface area (Å²) < 4.78 is 0. The van der Waals surface area contributed by atoms with Crippen LogP contribution in [-0.2, 0) is 28.8 Å².